The summed E-state index contributed by atoms with van der Waals surface area (Å²) in [5.74, 6) is -1.23. The van der Waals surface area contributed by atoms with Gasteiger partial charge in [-0.2, -0.15) is 5.10 Å². The van der Waals surface area contributed by atoms with Crippen molar-refractivity contribution in [2.75, 3.05) is 5.32 Å². The summed E-state index contributed by atoms with van der Waals surface area (Å²) in [5, 5.41) is 6.89. The van der Waals surface area contributed by atoms with Gasteiger partial charge in [0.15, 0.2) is 6.10 Å². The predicted octanol–water partition coefficient (Wildman–Crippen LogP) is 3.41. The first-order valence-corrected chi connectivity index (χ1v) is 8.96. The zero-order valence-corrected chi connectivity index (χ0v) is 16.4. The topological polar surface area (TPSA) is 73.2 Å². The summed E-state index contributed by atoms with van der Waals surface area (Å²) in [6.45, 7) is 10.2. The molecule has 0 fully saturated rings. The minimum absolute atomic E-state index is 0.0348. The number of halogens is 1. The molecular formula is C20H26FN3O3. The second-order valence-corrected chi connectivity index (χ2v) is 7.00. The number of amides is 1. The highest BCUT2D eigenvalue weighted by Gasteiger charge is 2.22. The second kappa shape index (κ2) is 8.79. The first kappa shape index (κ1) is 20.6. The normalized spacial score (nSPS) is 12.1. The maximum atomic E-state index is 13.6. The monoisotopic (exact) mass is 375 g/mol. The molecule has 0 saturated heterocycles. The van der Waals surface area contributed by atoms with Gasteiger partial charge in [0.2, 0.25) is 0 Å². The number of nitrogens with one attached hydrogen (secondary N) is 1. The zero-order chi connectivity index (χ0) is 20.1. The lowest BCUT2D eigenvalue weighted by atomic mass is 10.1. The number of hydrogen-bond acceptors (Lipinski definition) is 4. The van der Waals surface area contributed by atoms with Crippen LogP contribution in [0.5, 0.6) is 0 Å². The molecule has 1 aromatic heterocycles. The van der Waals surface area contributed by atoms with Crippen molar-refractivity contribution in [3.8, 4) is 0 Å². The standard InChI is InChI=1S/C20H26FN3O3/c1-12(2)11-24-14(4)16(13(3)23-24)10-19(25)27-15(5)20(26)22-18-9-7-6-8-17(18)21/h6-9,12,15H,10-11H2,1-5H3,(H,22,26)/t15-/m0/s1. The summed E-state index contributed by atoms with van der Waals surface area (Å²) < 4.78 is 20.7. The van der Waals surface area contributed by atoms with Gasteiger partial charge < -0.3 is 10.1 Å². The van der Waals surface area contributed by atoms with E-state index in [2.05, 4.69) is 24.3 Å². The van der Waals surface area contributed by atoms with Crippen molar-refractivity contribution in [1.82, 2.24) is 9.78 Å². The summed E-state index contributed by atoms with van der Waals surface area (Å²) in [5.41, 5.74) is 2.55. The van der Waals surface area contributed by atoms with E-state index in [1.54, 1.807) is 6.07 Å². The quantitative estimate of drug-likeness (QED) is 0.753. The molecule has 0 aliphatic rings. The van der Waals surface area contributed by atoms with Crippen molar-refractivity contribution in [1.29, 1.82) is 0 Å². The molecule has 1 aromatic carbocycles. The predicted molar refractivity (Wildman–Crippen MR) is 101 cm³/mol. The van der Waals surface area contributed by atoms with E-state index < -0.39 is 23.8 Å². The molecule has 1 atom stereocenters. The number of carbonyl (C=O) groups is 2. The number of aryl methyl sites for hydroxylation is 1. The molecule has 27 heavy (non-hydrogen) atoms. The Morgan fingerprint density at radius 1 is 1.22 bits per heavy atom. The Labute approximate surface area is 158 Å². The highest BCUT2D eigenvalue weighted by atomic mass is 19.1. The lowest BCUT2D eigenvalue weighted by Gasteiger charge is -2.14. The van der Waals surface area contributed by atoms with Crippen molar-refractivity contribution in [2.24, 2.45) is 5.92 Å². The van der Waals surface area contributed by atoms with E-state index in [0.717, 1.165) is 23.5 Å². The molecule has 6 nitrogen and oxygen atoms in total. The molecule has 0 saturated carbocycles. The largest absolute Gasteiger partial charge is 0.452 e. The Morgan fingerprint density at radius 2 is 1.89 bits per heavy atom. The van der Waals surface area contributed by atoms with Crippen LogP contribution in [0, 0.1) is 25.6 Å². The molecule has 1 N–H and O–H groups in total. The van der Waals surface area contributed by atoms with Gasteiger partial charge in [0.25, 0.3) is 5.91 Å². The number of anilines is 1. The number of esters is 1. The van der Waals surface area contributed by atoms with E-state index in [-0.39, 0.29) is 12.1 Å². The Balaban J connectivity index is 1.98. The molecule has 0 aliphatic heterocycles. The molecule has 2 aromatic rings. The first-order valence-electron chi connectivity index (χ1n) is 8.96. The Hall–Kier alpha value is -2.70. The van der Waals surface area contributed by atoms with Gasteiger partial charge in [0.05, 0.1) is 17.8 Å². The van der Waals surface area contributed by atoms with Gasteiger partial charge in [-0.25, -0.2) is 4.39 Å². The van der Waals surface area contributed by atoms with Crippen molar-refractivity contribution in [3.05, 3.63) is 47.0 Å². The lowest BCUT2D eigenvalue weighted by Crippen LogP contribution is -2.30. The SMILES string of the molecule is Cc1nn(CC(C)C)c(C)c1CC(=O)O[C@@H](C)C(=O)Nc1ccccc1F. The average molecular weight is 375 g/mol. The summed E-state index contributed by atoms with van der Waals surface area (Å²) in [4.78, 5) is 24.4. The van der Waals surface area contributed by atoms with E-state index in [1.165, 1.54) is 25.1 Å². The van der Waals surface area contributed by atoms with Crippen LogP contribution in [0.25, 0.3) is 0 Å². The Bertz CT molecular complexity index is 830. The number of benzene rings is 1. The van der Waals surface area contributed by atoms with E-state index in [0.29, 0.717) is 5.92 Å². The molecule has 1 heterocycles. The van der Waals surface area contributed by atoms with Crippen LogP contribution in [0.3, 0.4) is 0 Å². The number of hydrogen-bond donors (Lipinski definition) is 1. The van der Waals surface area contributed by atoms with Gasteiger partial charge in [-0.05, 0) is 38.8 Å². The van der Waals surface area contributed by atoms with E-state index in [4.69, 9.17) is 4.74 Å². The van der Waals surface area contributed by atoms with Gasteiger partial charge in [0, 0.05) is 17.8 Å². The van der Waals surface area contributed by atoms with Crippen molar-refractivity contribution < 1.29 is 18.7 Å². The summed E-state index contributed by atoms with van der Waals surface area (Å²) in [6, 6.07) is 5.82. The van der Waals surface area contributed by atoms with Crippen molar-refractivity contribution >= 4 is 17.6 Å². The van der Waals surface area contributed by atoms with Crippen LogP contribution >= 0.6 is 0 Å². The molecule has 1 amide bonds. The molecule has 7 heteroatoms. The van der Waals surface area contributed by atoms with E-state index in [1.807, 2.05) is 18.5 Å². The second-order valence-electron chi connectivity index (χ2n) is 7.00. The van der Waals surface area contributed by atoms with Crippen molar-refractivity contribution in [2.45, 2.75) is 53.7 Å². The van der Waals surface area contributed by atoms with Crippen LogP contribution in [0.15, 0.2) is 24.3 Å². The van der Waals surface area contributed by atoms with Gasteiger partial charge >= 0.3 is 5.97 Å². The van der Waals surface area contributed by atoms with Crippen LogP contribution in [0.1, 0.15) is 37.7 Å². The summed E-state index contributed by atoms with van der Waals surface area (Å²) in [6.07, 6.45) is -1.00. The number of carbonyl (C=O) groups excluding carboxylic acids is 2. The first-order chi connectivity index (χ1) is 12.7. The number of aromatic nitrogens is 2. The van der Waals surface area contributed by atoms with E-state index in [9.17, 15) is 14.0 Å². The zero-order valence-electron chi connectivity index (χ0n) is 16.4. The minimum Gasteiger partial charge on any atom is -0.452 e. The molecule has 2 rings (SSSR count). The van der Waals surface area contributed by atoms with Crippen LogP contribution in [-0.4, -0.2) is 27.8 Å². The highest BCUT2D eigenvalue weighted by molar-refractivity contribution is 5.95. The van der Waals surface area contributed by atoms with Crippen LogP contribution in [0.4, 0.5) is 10.1 Å². The third kappa shape index (κ3) is 5.39. The number of nitrogens with zero attached hydrogens (tertiary/aromatic N) is 2. The van der Waals surface area contributed by atoms with E-state index >= 15 is 0 Å². The maximum absolute atomic E-state index is 13.6. The van der Waals surface area contributed by atoms with Gasteiger partial charge in [-0.1, -0.05) is 26.0 Å². The smallest absolute Gasteiger partial charge is 0.311 e. The van der Waals surface area contributed by atoms with Crippen LogP contribution in [-0.2, 0) is 27.3 Å². The number of para-hydroxylation sites is 1. The van der Waals surface area contributed by atoms with Gasteiger partial charge in [-0.15, -0.1) is 0 Å². The van der Waals surface area contributed by atoms with Gasteiger partial charge in [-0.3, -0.25) is 14.3 Å². The van der Waals surface area contributed by atoms with Crippen molar-refractivity contribution in [3.63, 3.8) is 0 Å². The number of ether oxygens (including phenoxy) is 1. The molecule has 0 radical (unpaired) electrons. The third-order valence-corrected chi connectivity index (χ3v) is 4.20. The Morgan fingerprint density at radius 3 is 2.52 bits per heavy atom. The highest BCUT2D eigenvalue weighted by Crippen LogP contribution is 2.17. The third-order valence-electron chi connectivity index (χ3n) is 4.20. The van der Waals surface area contributed by atoms with Crippen LogP contribution in [0.2, 0.25) is 0 Å². The average Bonchev–Trinajstić information content (AvgIpc) is 2.83. The van der Waals surface area contributed by atoms with Gasteiger partial charge in [0.1, 0.15) is 5.82 Å². The maximum Gasteiger partial charge on any atom is 0.311 e. The number of rotatable bonds is 7. The molecular weight excluding hydrogens is 349 g/mol. The molecule has 0 aliphatic carbocycles. The molecule has 0 bridgehead atoms. The molecule has 0 unspecified atom stereocenters. The summed E-state index contributed by atoms with van der Waals surface area (Å²) >= 11 is 0. The molecule has 0 spiro atoms. The Kier molecular flexibility index (Phi) is 6.71. The van der Waals surface area contributed by atoms with Crippen LogP contribution < -0.4 is 5.32 Å². The fourth-order valence-electron chi connectivity index (χ4n) is 2.75. The fraction of sp³-hybridized carbons (Fsp3) is 0.450. The summed E-state index contributed by atoms with van der Waals surface area (Å²) in [7, 11) is 0. The lowest BCUT2D eigenvalue weighted by molar-refractivity contribution is -0.152. The fourth-order valence-corrected chi connectivity index (χ4v) is 2.75. The molecule has 146 valence electrons. The minimum atomic E-state index is -1.04.